The number of amides is 1. The van der Waals surface area contributed by atoms with Crippen LogP contribution in [0.3, 0.4) is 0 Å². The van der Waals surface area contributed by atoms with Crippen LogP contribution in [-0.2, 0) is 0 Å². The number of hydrogen-bond acceptors (Lipinski definition) is 2. The van der Waals surface area contributed by atoms with Gasteiger partial charge in [0.2, 0.25) is 0 Å². The third-order valence-corrected chi connectivity index (χ3v) is 3.12. The predicted octanol–water partition coefficient (Wildman–Crippen LogP) is 1.84. The van der Waals surface area contributed by atoms with Gasteiger partial charge >= 0.3 is 0 Å². The fourth-order valence-corrected chi connectivity index (χ4v) is 1.93. The lowest BCUT2D eigenvalue weighted by atomic mass is 9.82. The minimum absolute atomic E-state index is 0.0851. The van der Waals surface area contributed by atoms with Crippen LogP contribution < -0.4 is 5.32 Å². The van der Waals surface area contributed by atoms with Crippen LogP contribution in [0.15, 0.2) is 24.3 Å². The van der Waals surface area contributed by atoms with Gasteiger partial charge < -0.3 is 10.4 Å². The van der Waals surface area contributed by atoms with Crippen molar-refractivity contribution < 1.29 is 9.90 Å². The Morgan fingerprint density at radius 2 is 2.00 bits per heavy atom. The number of benzene rings is 1. The minimum Gasteiger partial charge on any atom is -0.393 e. The monoisotopic (exact) mass is 239 g/mol. The standard InChI is InChI=1S/C12H14ClNO2/c13-10-3-1-9(2-4-10)12(16)14-7-8-5-11(15)6-8/h1-4,8,11,15H,5-7H2,(H,14,16). The second-order valence-electron chi connectivity index (χ2n) is 4.21. The Morgan fingerprint density at radius 1 is 1.38 bits per heavy atom. The van der Waals surface area contributed by atoms with Crippen LogP contribution in [0.5, 0.6) is 0 Å². The molecule has 0 aromatic heterocycles. The fourth-order valence-electron chi connectivity index (χ4n) is 1.81. The quantitative estimate of drug-likeness (QED) is 0.846. The number of carbonyl (C=O) groups excluding carboxylic acids is 1. The summed E-state index contributed by atoms with van der Waals surface area (Å²) in [5, 5.41) is 12.6. The largest absolute Gasteiger partial charge is 0.393 e. The molecule has 1 amide bonds. The summed E-state index contributed by atoms with van der Waals surface area (Å²) < 4.78 is 0. The van der Waals surface area contributed by atoms with Crippen molar-refractivity contribution in [3.63, 3.8) is 0 Å². The topological polar surface area (TPSA) is 49.3 Å². The molecule has 0 heterocycles. The lowest BCUT2D eigenvalue weighted by Gasteiger charge is -2.31. The zero-order valence-corrected chi connectivity index (χ0v) is 9.57. The van der Waals surface area contributed by atoms with E-state index in [1.807, 2.05) is 0 Å². The van der Waals surface area contributed by atoms with Gasteiger partial charge in [-0.3, -0.25) is 4.79 Å². The second kappa shape index (κ2) is 4.85. The van der Waals surface area contributed by atoms with E-state index in [0.717, 1.165) is 12.8 Å². The van der Waals surface area contributed by atoms with Gasteiger partial charge in [0.1, 0.15) is 0 Å². The first-order valence-electron chi connectivity index (χ1n) is 5.37. The van der Waals surface area contributed by atoms with Crippen molar-refractivity contribution in [3.05, 3.63) is 34.9 Å². The molecule has 0 radical (unpaired) electrons. The lowest BCUT2D eigenvalue weighted by Crippen LogP contribution is -2.38. The van der Waals surface area contributed by atoms with Crippen molar-refractivity contribution >= 4 is 17.5 Å². The predicted molar refractivity (Wildman–Crippen MR) is 62.5 cm³/mol. The third kappa shape index (κ3) is 2.74. The Kier molecular flexibility index (Phi) is 3.46. The molecule has 0 atom stereocenters. The van der Waals surface area contributed by atoms with E-state index in [2.05, 4.69) is 5.32 Å². The molecule has 1 aromatic rings. The molecule has 2 N–H and O–H groups in total. The van der Waals surface area contributed by atoms with Gasteiger partial charge in [0.15, 0.2) is 0 Å². The Hall–Kier alpha value is -1.06. The molecule has 1 fully saturated rings. The first-order valence-corrected chi connectivity index (χ1v) is 5.75. The fraction of sp³-hybridized carbons (Fsp3) is 0.417. The van der Waals surface area contributed by atoms with Gasteiger partial charge in [0.05, 0.1) is 6.10 Å². The molecule has 1 aliphatic rings. The van der Waals surface area contributed by atoms with E-state index < -0.39 is 0 Å². The van der Waals surface area contributed by atoms with Crippen molar-refractivity contribution in [2.45, 2.75) is 18.9 Å². The van der Waals surface area contributed by atoms with Crippen molar-refractivity contribution in [3.8, 4) is 0 Å². The summed E-state index contributed by atoms with van der Waals surface area (Å²) in [5.74, 6) is 0.337. The molecule has 1 saturated carbocycles. The summed E-state index contributed by atoms with van der Waals surface area (Å²) >= 11 is 5.73. The summed E-state index contributed by atoms with van der Waals surface area (Å²) in [6.07, 6.45) is 1.42. The van der Waals surface area contributed by atoms with Gasteiger partial charge in [0.25, 0.3) is 5.91 Å². The zero-order valence-electron chi connectivity index (χ0n) is 8.82. The van der Waals surface area contributed by atoms with E-state index in [0.29, 0.717) is 23.0 Å². The molecule has 2 rings (SSSR count). The van der Waals surface area contributed by atoms with Gasteiger partial charge in [-0.05, 0) is 43.0 Å². The summed E-state index contributed by atoms with van der Waals surface area (Å²) in [6, 6.07) is 6.80. The van der Waals surface area contributed by atoms with Gasteiger partial charge in [-0.2, -0.15) is 0 Å². The zero-order chi connectivity index (χ0) is 11.5. The molecule has 0 spiro atoms. The van der Waals surface area contributed by atoms with Crippen LogP contribution in [-0.4, -0.2) is 23.7 Å². The summed E-state index contributed by atoms with van der Waals surface area (Å²) in [5.41, 5.74) is 0.615. The smallest absolute Gasteiger partial charge is 0.251 e. The first kappa shape index (κ1) is 11.4. The van der Waals surface area contributed by atoms with Crippen molar-refractivity contribution in [2.24, 2.45) is 5.92 Å². The maximum Gasteiger partial charge on any atom is 0.251 e. The average molecular weight is 240 g/mol. The molecule has 86 valence electrons. The Labute approximate surface area is 99.4 Å². The molecule has 0 bridgehead atoms. The van der Waals surface area contributed by atoms with E-state index in [-0.39, 0.29) is 12.0 Å². The van der Waals surface area contributed by atoms with E-state index in [1.165, 1.54) is 0 Å². The van der Waals surface area contributed by atoms with Crippen molar-refractivity contribution in [1.82, 2.24) is 5.32 Å². The highest BCUT2D eigenvalue weighted by Gasteiger charge is 2.27. The lowest BCUT2D eigenvalue weighted by molar-refractivity contribution is 0.0420. The Bertz CT molecular complexity index is 371. The number of carbonyl (C=O) groups is 1. The van der Waals surface area contributed by atoms with E-state index in [4.69, 9.17) is 16.7 Å². The highest BCUT2D eigenvalue weighted by molar-refractivity contribution is 6.30. The highest BCUT2D eigenvalue weighted by Crippen LogP contribution is 2.26. The summed E-state index contributed by atoms with van der Waals surface area (Å²) in [6.45, 7) is 0.637. The third-order valence-electron chi connectivity index (χ3n) is 2.87. The molecule has 4 heteroatoms. The van der Waals surface area contributed by atoms with E-state index in [1.54, 1.807) is 24.3 Å². The number of aliphatic hydroxyl groups excluding tert-OH is 1. The van der Waals surface area contributed by atoms with E-state index in [9.17, 15) is 4.79 Å². The molecule has 1 aromatic carbocycles. The molecule has 1 aliphatic carbocycles. The number of hydrogen-bond donors (Lipinski definition) is 2. The van der Waals surface area contributed by atoms with Crippen molar-refractivity contribution in [2.75, 3.05) is 6.54 Å². The molecule has 0 saturated heterocycles. The molecular weight excluding hydrogens is 226 g/mol. The van der Waals surface area contributed by atoms with Crippen LogP contribution >= 0.6 is 11.6 Å². The molecular formula is C12H14ClNO2. The average Bonchev–Trinajstić information content (AvgIpc) is 2.23. The Balaban J connectivity index is 1.81. The molecule has 0 unspecified atom stereocenters. The van der Waals surface area contributed by atoms with Crippen LogP contribution in [0.4, 0.5) is 0 Å². The second-order valence-corrected chi connectivity index (χ2v) is 4.64. The van der Waals surface area contributed by atoms with Gasteiger partial charge in [-0.1, -0.05) is 11.6 Å². The number of rotatable bonds is 3. The molecule has 0 aliphatic heterocycles. The van der Waals surface area contributed by atoms with Gasteiger partial charge in [-0.25, -0.2) is 0 Å². The highest BCUT2D eigenvalue weighted by atomic mass is 35.5. The van der Waals surface area contributed by atoms with Crippen molar-refractivity contribution in [1.29, 1.82) is 0 Å². The summed E-state index contributed by atoms with van der Waals surface area (Å²) in [7, 11) is 0. The maximum absolute atomic E-state index is 11.7. The molecule has 3 nitrogen and oxygen atoms in total. The van der Waals surface area contributed by atoms with Crippen LogP contribution in [0.2, 0.25) is 5.02 Å². The molecule has 16 heavy (non-hydrogen) atoms. The normalized spacial score (nSPS) is 23.6. The number of nitrogens with one attached hydrogen (secondary N) is 1. The number of aliphatic hydroxyl groups is 1. The number of halogens is 1. The summed E-state index contributed by atoms with van der Waals surface area (Å²) in [4.78, 5) is 11.7. The van der Waals surface area contributed by atoms with Gasteiger partial charge in [0, 0.05) is 17.1 Å². The Morgan fingerprint density at radius 3 is 2.56 bits per heavy atom. The first-order chi connectivity index (χ1) is 7.65. The van der Waals surface area contributed by atoms with E-state index >= 15 is 0 Å². The SMILES string of the molecule is O=C(NCC1CC(O)C1)c1ccc(Cl)cc1. The van der Waals surface area contributed by atoms with Crippen LogP contribution in [0.25, 0.3) is 0 Å². The van der Waals surface area contributed by atoms with Crippen LogP contribution in [0, 0.1) is 5.92 Å². The van der Waals surface area contributed by atoms with Gasteiger partial charge in [-0.15, -0.1) is 0 Å². The van der Waals surface area contributed by atoms with Crippen LogP contribution in [0.1, 0.15) is 23.2 Å². The maximum atomic E-state index is 11.7. The minimum atomic E-state index is -0.169.